The highest BCUT2D eigenvalue weighted by atomic mass is 35.5. The number of halogens is 3. The van der Waals surface area contributed by atoms with Crippen molar-refractivity contribution in [2.45, 2.75) is 0 Å². The van der Waals surface area contributed by atoms with Gasteiger partial charge in [-0.25, -0.2) is 14.4 Å². The fourth-order valence-electron chi connectivity index (χ4n) is 3.18. The number of benzene rings is 1. The van der Waals surface area contributed by atoms with Crippen molar-refractivity contribution < 1.29 is 9.18 Å². The molecule has 1 aromatic carbocycles. The van der Waals surface area contributed by atoms with Crippen molar-refractivity contribution in [3.05, 3.63) is 46.1 Å². The van der Waals surface area contributed by atoms with Gasteiger partial charge in [-0.3, -0.25) is 9.48 Å². The Morgan fingerprint density at radius 2 is 1.85 bits per heavy atom. The maximum atomic E-state index is 13.7. The van der Waals surface area contributed by atoms with Gasteiger partial charge in [-0.1, -0.05) is 23.2 Å². The van der Waals surface area contributed by atoms with E-state index in [0.29, 0.717) is 26.2 Å². The average Bonchev–Trinajstić information content (AvgIpc) is 3.05. The number of amides is 1. The molecule has 1 aliphatic rings. The van der Waals surface area contributed by atoms with E-state index in [2.05, 4.69) is 20.0 Å². The van der Waals surface area contributed by atoms with Crippen LogP contribution in [-0.2, 0) is 7.05 Å². The second-order valence-electron chi connectivity index (χ2n) is 6.23. The first-order valence-electron chi connectivity index (χ1n) is 8.27. The minimum atomic E-state index is -0.664. The number of fused-ring (bicyclic) bond motifs is 1. The van der Waals surface area contributed by atoms with Crippen LogP contribution in [-0.4, -0.2) is 56.7 Å². The summed E-state index contributed by atoms with van der Waals surface area (Å²) in [5, 5.41) is 5.12. The Balaban J connectivity index is 1.52. The number of hydrogen-bond donors (Lipinski definition) is 0. The van der Waals surface area contributed by atoms with Gasteiger partial charge in [-0.05, 0) is 12.1 Å². The molecule has 10 heteroatoms. The van der Waals surface area contributed by atoms with Crippen LogP contribution < -0.4 is 4.90 Å². The van der Waals surface area contributed by atoms with Gasteiger partial charge in [0.2, 0.25) is 0 Å². The molecular weight excluding hydrogens is 394 g/mol. The van der Waals surface area contributed by atoms with Gasteiger partial charge in [0.15, 0.2) is 5.65 Å². The van der Waals surface area contributed by atoms with E-state index in [-0.39, 0.29) is 21.5 Å². The van der Waals surface area contributed by atoms with E-state index in [1.807, 2.05) is 7.05 Å². The molecule has 0 N–H and O–H groups in total. The highest BCUT2D eigenvalue weighted by Crippen LogP contribution is 2.27. The lowest BCUT2D eigenvalue weighted by molar-refractivity contribution is 0.0746. The molecule has 0 saturated carbocycles. The fourth-order valence-corrected chi connectivity index (χ4v) is 3.64. The number of anilines is 1. The van der Waals surface area contributed by atoms with Gasteiger partial charge in [0.05, 0.1) is 27.2 Å². The van der Waals surface area contributed by atoms with Gasteiger partial charge in [-0.15, -0.1) is 0 Å². The first kappa shape index (κ1) is 17.9. The van der Waals surface area contributed by atoms with Crippen molar-refractivity contribution in [3.8, 4) is 0 Å². The highest BCUT2D eigenvalue weighted by Gasteiger charge is 2.26. The van der Waals surface area contributed by atoms with Gasteiger partial charge in [0.25, 0.3) is 5.91 Å². The van der Waals surface area contributed by atoms with Gasteiger partial charge < -0.3 is 9.80 Å². The summed E-state index contributed by atoms with van der Waals surface area (Å²) < 4.78 is 15.4. The lowest BCUT2D eigenvalue weighted by Crippen LogP contribution is -2.49. The van der Waals surface area contributed by atoms with Gasteiger partial charge in [0, 0.05) is 33.2 Å². The topological polar surface area (TPSA) is 67.2 Å². The molecule has 140 valence electrons. The molecule has 0 aliphatic carbocycles. The summed E-state index contributed by atoms with van der Waals surface area (Å²) in [6, 6.07) is 2.34. The molecule has 3 heterocycles. The van der Waals surface area contributed by atoms with Gasteiger partial charge in [-0.2, -0.15) is 5.10 Å². The Kier molecular flexibility index (Phi) is 4.61. The van der Waals surface area contributed by atoms with Crippen molar-refractivity contribution in [2.24, 2.45) is 7.05 Å². The lowest BCUT2D eigenvalue weighted by atomic mass is 10.1. The number of rotatable bonds is 2. The SMILES string of the molecule is Cn1ncc2c(N3CCN(C(=O)c4cc(F)c(Cl)cc4Cl)CC3)ncnc21. The van der Waals surface area contributed by atoms with Crippen LogP contribution in [0.1, 0.15) is 10.4 Å². The van der Waals surface area contributed by atoms with E-state index in [1.165, 1.54) is 12.4 Å². The molecule has 27 heavy (non-hydrogen) atoms. The lowest BCUT2D eigenvalue weighted by Gasteiger charge is -2.35. The Labute approximate surface area is 164 Å². The molecule has 0 unspecified atom stereocenters. The Hall–Kier alpha value is -2.45. The minimum Gasteiger partial charge on any atom is -0.352 e. The summed E-state index contributed by atoms with van der Waals surface area (Å²) in [6.45, 7) is 2.09. The van der Waals surface area contributed by atoms with Crippen LogP contribution in [0.5, 0.6) is 0 Å². The first-order valence-corrected chi connectivity index (χ1v) is 9.03. The summed E-state index contributed by atoms with van der Waals surface area (Å²) in [5.41, 5.74) is 0.866. The quantitative estimate of drug-likeness (QED) is 0.609. The van der Waals surface area contributed by atoms with Crippen LogP contribution >= 0.6 is 23.2 Å². The molecule has 7 nitrogen and oxygen atoms in total. The third-order valence-corrected chi connectivity index (χ3v) is 5.22. The van der Waals surface area contributed by atoms with E-state index in [4.69, 9.17) is 23.2 Å². The Bertz CT molecular complexity index is 1030. The summed E-state index contributed by atoms with van der Waals surface area (Å²) in [7, 11) is 1.82. The normalized spacial score (nSPS) is 14.8. The molecule has 4 rings (SSSR count). The number of carbonyl (C=O) groups excluding carboxylic acids is 1. The Morgan fingerprint density at radius 3 is 2.59 bits per heavy atom. The summed E-state index contributed by atoms with van der Waals surface area (Å²) in [4.78, 5) is 25.1. The summed E-state index contributed by atoms with van der Waals surface area (Å²) >= 11 is 11.8. The molecule has 3 aromatic rings. The molecule has 2 aromatic heterocycles. The van der Waals surface area contributed by atoms with Crippen LogP contribution in [0.4, 0.5) is 10.2 Å². The first-order chi connectivity index (χ1) is 13.0. The predicted octanol–water partition coefficient (Wildman–Crippen LogP) is 2.77. The average molecular weight is 409 g/mol. The van der Waals surface area contributed by atoms with Crippen LogP contribution in [0.3, 0.4) is 0 Å². The fraction of sp³-hybridized carbons (Fsp3) is 0.294. The molecule has 0 bridgehead atoms. The van der Waals surface area contributed by atoms with E-state index < -0.39 is 5.82 Å². The number of hydrogen-bond acceptors (Lipinski definition) is 5. The van der Waals surface area contributed by atoms with Gasteiger partial charge in [0.1, 0.15) is 18.0 Å². The summed E-state index contributed by atoms with van der Waals surface area (Å²) in [6.07, 6.45) is 3.24. The molecule has 1 saturated heterocycles. The third kappa shape index (κ3) is 3.19. The van der Waals surface area contributed by atoms with E-state index >= 15 is 0 Å². The second kappa shape index (κ2) is 6.94. The van der Waals surface area contributed by atoms with Crippen LogP contribution in [0.15, 0.2) is 24.7 Å². The summed E-state index contributed by atoms with van der Waals surface area (Å²) in [5.74, 6) is -0.191. The number of aromatic nitrogens is 4. The largest absolute Gasteiger partial charge is 0.352 e. The van der Waals surface area contributed by atoms with Crippen molar-refractivity contribution >= 4 is 46.0 Å². The van der Waals surface area contributed by atoms with Crippen molar-refractivity contribution in [1.29, 1.82) is 0 Å². The number of nitrogens with zero attached hydrogens (tertiary/aromatic N) is 6. The van der Waals surface area contributed by atoms with E-state index in [9.17, 15) is 9.18 Å². The smallest absolute Gasteiger partial charge is 0.255 e. The Morgan fingerprint density at radius 1 is 1.11 bits per heavy atom. The molecule has 0 atom stereocenters. The maximum Gasteiger partial charge on any atom is 0.255 e. The van der Waals surface area contributed by atoms with Crippen LogP contribution in [0, 0.1) is 5.82 Å². The van der Waals surface area contributed by atoms with Crippen molar-refractivity contribution in [2.75, 3.05) is 31.1 Å². The third-order valence-electron chi connectivity index (χ3n) is 4.62. The zero-order valence-corrected chi connectivity index (χ0v) is 15.9. The zero-order valence-electron chi connectivity index (χ0n) is 14.4. The predicted molar refractivity (Wildman–Crippen MR) is 101 cm³/mol. The number of piperazine rings is 1. The highest BCUT2D eigenvalue weighted by molar-refractivity contribution is 6.36. The molecule has 1 aliphatic heterocycles. The maximum absolute atomic E-state index is 13.7. The van der Waals surface area contributed by atoms with E-state index in [1.54, 1.807) is 15.8 Å². The van der Waals surface area contributed by atoms with Crippen LogP contribution in [0.2, 0.25) is 10.0 Å². The van der Waals surface area contributed by atoms with Crippen molar-refractivity contribution in [3.63, 3.8) is 0 Å². The number of aryl methyl sites for hydroxylation is 1. The minimum absolute atomic E-state index is 0.106. The number of carbonyl (C=O) groups is 1. The standard InChI is InChI=1S/C17H15Cl2FN6O/c1-24-15-11(8-23-24)16(22-9-21-15)25-2-4-26(5-3-25)17(27)10-6-14(20)13(19)7-12(10)18/h6-9H,2-5H2,1H3. The van der Waals surface area contributed by atoms with Crippen LogP contribution in [0.25, 0.3) is 11.0 Å². The molecule has 0 spiro atoms. The molecule has 1 fully saturated rings. The molecular formula is C17H15Cl2FN6O. The van der Waals surface area contributed by atoms with Crippen molar-refractivity contribution in [1.82, 2.24) is 24.6 Å². The molecule has 0 radical (unpaired) electrons. The zero-order chi connectivity index (χ0) is 19.1. The van der Waals surface area contributed by atoms with E-state index in [0.717, 1.165) is 22.9 Å². The molecule has 1 amide bonds. The second-order valence-corrected chi connectivity index (χ2v) is 7.04. The van der Waals surface area contributed by atoms with Gasteiger partial charge >= 0.3 is 0 Å². The monoisotopic (exact) mass is 408 g/mol.